The lowest BCUT2D eigenvalue weighted by Crippen LogP contribution is -2.48. The van der Waals surface area contributed by atoms with E-state index in [1.807, 2.05) is 0 Å². The standard InChI is InChI=1S/C15H25NO5/c1-11-4-2-3-5-13(11)21-10-14(17)16-6-7-20-12(9-16)8-15(18)19/h11-13H,2-10H2,1H3,(H,18,19). The van der Waals surface area contributed by atoms with Gasteiger partial charge in [-0.25, -0.2) is 0 Å². The first-order valence-corrected chi connectivity index (χ1v) is 7.79. The molecule has 3 unspecified atom stereocenters. The summed E-state index contributed by atoms with van der Waals surface area (Å²) in [7, 11) is 0. The second-order valence-corrected chi connectivity index (χ2v) is 6.04. The lowest BCUT2D eigenvalue weighted by Gasteiger charge is -2.33. The Morgan fingerprint density at radius 3 is 2.81 bits per heavy atom. The van der Waals surface area contributed by atoms with Crippen LogP contribution in [0.25, 0.3) is 0 Å². The second kappa shape index (κ2) is 7.75. The summed E-state index contributed by atoms with van der Waals surface area (Å²) in [6, 6.07) is 0. The third-order valence-corrected chi connectivity index (χ3v) is 4.35. The average molecular weight is 299 g/mol. The molecule has 6 nitrogen and oxygen atoms in total. The van der Waals surface area contributed by atoms with Crippen LogP contribution in [0.15, 0.2) is 0 Å². The number of amides is 1. The van der Waals surface area contributed by atoms with Gasteiger partial charge in [0.1, 0.15) is 6.61 Å². The number of hydrogen-bond donors (Lipinski definition) is 1. The first-order chi connectivity index (χ1) is 10.1. The van der Waals surface area contributed by atoms with Crippen LogP contribution in [0.2, 0.25) is 0 Å². The highest BCUT2D eigenvalue weighted by Gasteiger charge is 2.28. The predicted octanol–water partition coefficient (Wildman–Crippen LogP) is 1.28. The molecule has 2 rings (SSSR count). The zero-order chi connectivity index (χ0) is 15.2. The average Bonchev–Trinajstić information content (AvgIpc) is 2.45. The highest BCUT2D eigenvalue weighted by Crippen LogP contribution is 2.26. The van der Waals surface area contributed by atoms with Crippen LogP contribution >= 0.6 is 0 Å². The normalized spacial score (nSPS) is 30.1. The maximum absolute atomic E-state index is 12.2. The summed E-state index contributed by atoms with van der Waals surface area (Å²) in [5.41, 5.74) is 0. The minimum absolute atomic E-state index is 0.0635. The number of morpholine rings is 1. The van der Waals surface area contributed by atoms with Gasteiger partial charge in [0.2, 0.25) is 5.91 Å². The molecule has 0 radical (unpaired) electrons. The van der Waals surface area contributed by atoms with Crippen molar-refractivity contribution in [3.8, 4) is 0 Å². The predicted molar refractivity (Wildman–Crippen MR) is 75.9 cm³/mol. The van der Waals surface area contributed by atoms with Gasteiger partial charge in [0.05, 0.1) is 25.2 Å². The van der Waals surface area contributed by atoms with E-state index < -0.39 is 12.1 Å². The summed E-state index contributed by atoms with van der Waals surface area (Å²) in [6.45, 7) is 3.51. The van der Waals surface area contributed by atoms with Crippen molar-refractivity contribution < 1.29 is 24.2 Å². The topological polar surface area (TPSA) is 76.1 Å². The molecule has 21 heavy (non-hydrogen) atoms. The Kier molecular flexibility index (Phi) is 5.99. The Labute approximate surface area is 125 Å². The van der Waals surface area contributed by atoms with Gasteiger partial charge < -0.3 is 19.5 Å². The summed E-state index contributed by atoms with van der Waals surface area (Å²) in [6.07, 6.45) is 4.31. The molecule has 1 saturated carbocycles. The van der Waals surface area contributed by atoms with E-state index in [2.05, 4.69) is 6.92 Å². The third kappa shape index (κ3) is 4.97. The Balaban J connectivity index is 1.75. The smallest absolute Gasteiger partial charge is 0.306 e. The molecule has 2 aliphatic rings. The quantitative estimate of drug-likeness (QED) is 0.827. The summed E-state index contributed by atoms with van der Waals surface area (Å²) >= 11 is 0. The number of carbonyl (C=O) groups is 2. The van der Waals surface area contributed by atoms with Gasteiger partial charge in [-0.2, -0.15) is 0 Å². The number of carboxylic acid groups (broad SMARTS) is 1. The van der Waals surface area contributed by atoms with Gasteiger partial charge in [-0.3, -0.25) is 9.59 Å². The number of ether oxygens (including phenoxy) is 2. The summed E-state index contributed by atoms with van der Waals surface area (Å²) in [5, 5.41) is 8.79. The molecule has 120 valence electrons. The van der Waals surface area contributed by atoms with Gasteiger partial charge in [0.15, 0.2) is 0 Å². The number of rotatable bonds is 5. The van der Waals surface area contributed by atoms with Crippen LogP contribution in [0.1, 0.15) is 39.0 Å². The van der Waals surface area contributed by atoms with Crippen LogP contribution in [0.4, 0.5) is 0 Å². The molecule has 1 aliphatic heterocycles. The van der Waals surface area contributed by atoms with Gasteiger partial charge in [0.25, 0.3) is 0 Å². The Morgan fingerprint density at radius 2 is 2.10 bits per heavy atom. The van der Waals surface area contributed by atoms with Crippen molar-refractivity contribution in [1.82, 2.24) is 4.90 Å². The van der Waals surface area contributed by atoms with Crippen molar-refractivity contribution in [3.63, 3.8) is 0 Å². The summed E-state index contributed by atoms with van der Waals surface area (Å²) in [5.74, 6) is -0.455. The molecule has 3 atom stereocenters. The molecule has 0 aromatic heterocycles. The van der Waals surface area contributed by atoms with Crippen molar-refractivity contribution in [2.45, 2.75) is 51.2 Å². The van der Waals surface area contributed by atoms with E-state index in [1.165, 1.54) is 12.8 Å². The van der Waals surface area contributed by atoms with Gasteiger partial charge in [-0.1, -0.05) is 19.8 Å². The Bertz CT molecular complexity index is 373. The van der Waals surface area contributed by atoms with E-state index in [4.69, 9.17) is 14.6 Å². The van der Waals surface area contributed by atoms with Crippen molar-refractivity contribution >= 4 is 11.9 Å². The number of nitrogens with zero attached hydrogens (tertiary/aromatic N) is 1. The third-order valence-electron chi connectivity index (χ3n) is 4.35. The fraction of sp³-hybridized carbons (Fsp3) is 0.867. The first kappa shape index (κ1) is 16.2. The molecule has 2 fully saturated rings. The van der Waals surface area contributed by atoms with Crippen LogP contribution in [0, 0.1) is 5.92 Å². The Hall–Kier alpha value is -1.14. The zero-order valence-electron chi connectivity index (χ0n) is 12.6. The van der Waals surface area contributed by atoms with Crippen molar-refractivity contribution in [1.29, 1.82) is 0 Å². The molecule has 0 bridgehead atoms. The minimum Gasteiger partial charge on any atom is -0.481 e. The van der Waals surface area contributed by atoms with Gasteiger partial charge in [-0.05, 0) is 18.8 Å². The Morgan fingerprint density at radius 1 is 1.33 bits per heavy atom. The summed E-state index contributed by atoms with van der Waals surface area (Å²) in [4.78, 5) is 24.5. The number of carboxylic acids is 1. The second-order valence-electron chi connectivity index (χ2n) is 6.04. The molecular weight excluding hydrogens is 274 g/mol. The lowest BCUT2D eigenvalue weighted by molar-refractivity contribution is -0.152. The molecule has 1 aliphatic carbocycles. The molecule has 1 N–H and O–H groups in total. The maximum Gasteiger partial charge on any atom is 0.306 e. The number of carbonyl (C=O) groups excluding carboxylic acids is 1. The van der Waals surface area contributed by atoms with Gasteiger partial charge >= 0.3 is 5.97 Å². The maximum atomic E-state index is 12.2. The molecule has 1 saturated heterocycles. The molecule has 1 amide bonds. The molecule has 0 aromatic rings. The van der Waals surface area contributed by atoms with Crippen LogP contribution in [-0.2, 0) is 19.1 Å². The highest BCUT2D eigenvalue weighted by molar-refractivity contribution is 5.77. The summed E-state index contributed by atoms with van der Waals surface area (Å²) < 4.78 is 11.1. The molecule has 0 spiro atoms. The lowest BCUT2D eigenvalue weighted by atomic mass is 9.88. The van der Waals surface area contributed by atoms with Crippen LogP contribution < -0.4 is 0 Å². The number of hydrogen-bond acceptors (Lipinski definition) is 4. The number of aliphatic carboxylic acids is 1. The molecular formula is C15H25NO5. The zero-order valence-corrected chi connectivity index (χ0v) is 12.6. The van der Waals surface area contributed by atoms with E-state index in [1.54, 1.807) is 4.90 Å². The minimum atomic E-state index is -0.901. The molecule has 6 heteroatoms. The van der Waals surface area contributed by atoms with Crippen LogP contribution in [0.5, 0.6) is 0 Å². The van der Waals surface area contributed by atoms with E-state index in [0.29, 0.717) is 25.6 Å². The van der Waals surface area contributed by atoms with Gasteiger partial charge in [0, 0.05) is 13.1 Å². The first-order valence-electron chi connectivity index (χ1n) is 7.79. The van der Waals surface area contributed by atoms with E-state index >= 15 is 0 Å². The fourth-order valence-electron chi connectivity index (χ4n) is 3.06. The monoisotopic (exact) mass is 299 g/mol. The van der Waals surface area contributed by atoms with Crippen molar-refractivity contribution in [2.24, 2.45) is 5.92 Å². The largest absolute Gasteiger partial charge is 0.481 e. The fourth-order valence-corrected chi connectivity index (χ4v) is 3.06. The SMILES string of the molecule is CC1CCCCC1OCC(=O)N1CCOC(CC(=O)O)C1. The van der Waals surface area contributed by atoms with E-state index in [9.17, 15) is 9.59 Å². The van der Waals surface area contributed by atoms with Crippen molar-refractivity contribution in [2.75, 3.05) is 26.3 Å². The van der Waals surface area contributed by atoms with Crippen LogP contribution in [-0.4, -0.2) is 60.4 Å². The molecule has 0 aromatic carbocycles. The van der Waals surface area contributed by atoms with E-state index in [0.717, 1.165) is 12.8 Å². The van der Waals surface area contributed by atoms with Crippen LogP contribution in [0.3, 0.4) is 0 Å². The highest BCUT2D eigenvalue weighted by atomic mass is 16.5. The molecule has 1 heterocycles. The van der Waals surface area contributed by atoms with Crippen molar-refractivity contribution in [3.05, 3.63) is 0 Å². The van der Waals surface area contributed by atoms with E-state index in [-0.39, 0.29) is 25.0 Å². The van der Waals surface area contributed by atoms with Gasteiger partial charge in [-0.15, -0.1) is 0 Å².